The average Bonchev–Trinajstić information content (AvgIpc) is 2.37. The molecule has 0 fully saturated rings. The van der Waals surface area contributed by atoms with Crippen LogP contribution in [0.1, 0.15) is 18.9 Å². The predicted octanol–water partition coefficient (Wildman–Crippen LogP) is 3.02. The number of nitrogens with zero attached hydrogens (tertiary/aromatic N) is 1. The van der Waals surface area contributed by atoms with Crippen LogP contribution in [0, 0.1) is 0 Å². The van der Waals surface area contributed by atoms with E-state index in [9.17, 15) is 4.79 Å². The number of carbonyl (C=O) groups is 1. The van der Waals surface area contributed by atoms with Gasteiger partial charge >= 0.3 is 5.97 Å². The van der Waals surface area contributed by atoms with Crippen LogP contribution in [0.4, 0.5) is 0 Å². The van der Waals surface area contributed by atoms with Crippen molar-refractivity contribution < 1.29 is 14.6 Å². The molecule has 0 atom stereocenters. The molecule has 2 rings (SSSR count). The minimum absolute atomic E-state index is 0.0660. The van der Waals surface area contributed by atoms with Crippen molar-refractivity contribution in [3.8, 4) is 5.75 Å². The molecule has 0 saturated carbocycles. The van der Waals surface area contributed by atoms with Crippen molar-refractivity contribution in [3.05, 3.63) is 33.8 Å². The van der Waals surface area contributed by atoms with Crippen molar-refractivity contribution in [2.75, 3.05) is 26.2 Å². The number of fused-ring (bicyclic) bond motifs is 1. The lowest BCUT2D eigenvalue weighted by Gasteiger charge is -2.24. The molecule has 1 aromatic carbocycles. The first-order valence-corrected chi connectivity index (χ1v) is 7.43. The van der Waals surface area contributed by atoms with Gasteiger partial charge < -0.3 is 9.84 Å². The molecule has 1 N–H and O–H groups in total. The zero-order valence-electron chi connectivity index (χ0n) is 11.4. The summed E-state index contributed by atoms with van der Waals surface area (Å²) < 4.78 is 6.72. The second-order valence-corrected chi connectivity index (χ2v) is 5.79. The van der Waals surface area contributed by atoms with Gasteiger partial charge in [-0.2, -0.15) is 0 Å². The van der Waals surface area contributed by atoms with Crippen LogP contribution in [0.2, 0.25) is 0 Å². The molecule has 1 aliphatic heterocycles. The number of carboxylic acids is 1. The summed E-state index contributed by atoms with van der Waals surface area (Å²) in [7, 11) is 0. The van der Waals surface area contributed by atoms with Crippen LogP contribution in [0.15, 0.2) is 28.2 Å². The number of carboxylic acid groups (broad SMARTS) is 1. The highest BCUT2D eigenvalue weighted by Crippen LogP contribution is 2.29. The van der Waals surface area contributed by atoms with Gasteiger partial charge in [-0.05, 0) is 42.8 Å². The van der Waals surface area contributed by atoms with Gasteiger partial charge in [0.25, 0.3) is 0 Å². The third kappa shape index (κ3) is 4.08. The van der Waals surface area contributed by atoms with E-state index in [-0.39, 0.29) is 6.54 Å². The lowest BCUT2D eigenvalue weighted by atomic mass is 10.1. The molecule has 0 aromatic heterocycles. The molecule has 0 spiro atoms. The van der Waals surface area contributed by atoms with E-state index in [1.807, 2.05) is 30.0 Å². The van der Waals surface area contributed by atoms with Crippen LogP contribution in [0.25, 0.3) is 6.08 Å². The molecule has 0 amide bonds. The van der Waals surface area contributed by atoms with Crippen LogP contribution in [0.3, 0.4) is 0 Å². The van der Waals surface area contributed by atoms with Crippen LogP contribution < -0.4 is 4.74 Å². The molecule has 108 valence electrons. The lowest BCUT2D eigenvalue weighted by Crippen LogP contribution is -2.33. The van der Waals surface area contributed by atoms with Gasteiger partial charge in [-0.3, -0.25) is 9.69 Å². The minimum Gasteiger partial charge on any atom is -0.489 e. The fourth-order valence-corrected chi connectivity index (χ4v) is 2.67. The number of rotatable bonds is 6. The first-order valence-electron chi connectivity index (χ1n) is 6.64. The van der Waals surface area contributed by atoms with Gasteiger partial charge in [0.1, 0.15) is 12.4 Å². The molecule has 0 saturated heterocycles. The number of halogens is 1. The maximum atomic E-state index is 10.9. The van der Waals surface area contributed by atoms with E-state index in [0.29, 0.717) is 13.2 Å². The van der Waals surface area contributed by atoms with Crippen LogP contribution >= 0.6 is 15.9 Å². The molecule has 1 aromatic rings. The second kappa shape index (κ2) is 6.90. The molecule has 0 aliphatic carbocycles. The van der Waals surface area contributed by atoms with E-state index < -0.39 is 5.97 Å². The summed E-state index contributed by atoms with van der Waals surface area (Å²) in [6.45, 7) is 4.04. The number of hydrogen-bond acceptors (Lipinski definition) is 3. The zero-order chi connectivity index (χ0) is 14.5. The Morgan fingerprint density at radius 1 is 1.50 bits per heavy atom. The molecule has 4 nitrogen and oxygen atoms in total. The van der Waals surface area contributed by atoms with Gasteiger partial charge in [-0.1, -0.05) is 22.9 Å². The molecule has 1 heterocycles. The fourth-order valence-electron chi connectivity index (χ4n) is 2.30. The summed E-state index contributed by atoms with van der Waals surface area (Å²) in [6, 6.07) is 5.90. The monoisotopic (exact) mass is 339 g/mol. The molecular weight excluding hydrogens is 322 g/mol. The molecular formula is C15H18BrNO3. The first kappa shape index (κ1) is 15.1. The Morgan fingerprint density at radius 2 is 2.30 bits per heavy atom. The van der Waals surface area contributed by atoms with E-state index in [0.717, 1.165) is 34.3 Å². The normalized spacial score (nSPS) is 13.7. The lowest BCUT2D eigenvalue weighted by molar-refractivity contribution is -0.138. The van der Waals surface area contributed by atoms with E-state index in [2.05, 4.69) is 22.0 Å². The molecule has 5 heteroatoms. The zero-order valence-corrected chi connectivity index (χ0v) is 13.0. The predicted molar refractivity (Wildman–Crippen MR) is 82.0 cm³/mol. The highest BCUT2D eigenvalue weighted by Gasteiger charge is 2.16. The highest BCUT2D eigenvalue weighted by molar-refractivity contribution is 9.10. The summed E-state index contributed by atoms with van der Waals surface area (Å²) in [5.74, 6) is 0.0798. The molecule has 0 bridgehead atoms. The SMILES string of the molecule is CCCN(CC(=O)O)CC1=Cc2cc(Br)ccc2OC1. The van der Waals surface area contributed by atoms with Crippen molar-refractivity contribution in [1.82, 2.24) is 4.90 Å². The fraction of sp³-hybridized carbons (Fsp3) is 0.400. The quantitative estimate of drug-likeness (QED) is 0.865. The van der Waals surface area contributed by atoms with Gasteiger partial charge in [-0.25, -0.2) is 0 Å². The Kier molecular flexibility index (Phi) is 5.20. The summed E-state index contributed by atoms with van der Waals surface area (Å²) >= 11 is 3.45. The Hall–Kier alpha value is -1.33. The summed E-state index contributed by atoms with van der Waals surface area (Å²) in [5, 5.41) is 8.94. The Morgan fingerprint density at radius 3 is 3.00 bits per heavy atom. The molecule has 0 unspecified atom stereocenters. The van der Waals surface area contributed by atoms with Gasteiger partial charge in [0.05, 0.1) is 6.54 Å². The summed E-state index contributed by atoms with van der Waals surface area (Å²) in [4.78, 5) is 12.8. The third-order valence-electron chi connectivity index (χ3n) is 3.07. The molecule has 1 aliphatic rings. The van der Waals surface area contributed by atoms with Gasteiger partial charge in [-0.15, -0.1) is 0 Å². The second-order valence-electron chi connectivity index (χ2n) is 4.88. The average molecular weight is 340 g/mol. The summed E-state index contributed by atoms with van der Waals surface area (Å²) in [5.41, 5.74) is 2.14. The molecule has 20 heavy (non-hydrogen) atoms. The molecule has 0 radical (unpaired) electrons. The van der Waals surface area contributed by atoms with Crippen LogP contribution in [-0.2, 0) is 4.79 Å². The van der Waals surface area contributed by atoms with E-state index in [4.69, 9.17) is 9.84 Å². The number of aliphatic carboxylic acids is 1. The van der Waals surface area contributed by atoms with Crippen LogP contribution in [0.5, 0.6) is 5.75 Å². The maximum Gasteiger partial charge on any atom is 0.317 e. The van der Waals surface area contributed by atoms with Crippen LogP contribution in [-0.4, -0.2) is 42.2 Å². The standard InChI is InChI=1S/C15H18BrNO3/c1-2-5-17(9-15(18)19)8-11-6-12-7-13(16)3-4-14(12)20-10-11/h3-4,6-7H,2,5,8-10H2,1H3,(H,18,19). The maximum absolute atomic E-state index is 10.9. The van der Waals surface area contributed by atoms with Crippen molar-refractivity contribution in [1.29, 1.82) is 0 Å². The van der Waals surface area contributed by atoms with Crippen molar-refractivity contribution >= 4 is 28.0 Å². The van der Waals surface area contributed by atoms with Crippen molar-refractivity contribution in [3.63, 3.8) is 0 Å². The van der Waals surface area contributed by atoms with E-state index in [1.165, 1.54) is 0 Å². The smallest absolute Gasteiger partial charge is 0.317 e. The van der Waals surface area contributed by atoms with E-state index >= 15 is 0 Å². The Balaban J connectivity index is 2.10. The topological polar surface area (TPSA) is 49.8 Å². The first-order chi connectivity index (χ1) is 9.58. The summed E-state index contributed by atoms with van der Waals surface area (Å²) in [6.07, 6.45) is 3.03. The van der Waals surface area contributed by atoms with Crippen molar-refractivity contribution in [2.45, 2.75) is 13.3 Å². The Labute approximate surface area is 127 Å². The van der Waals surface area contributed by atoms with Crippen molar-refractivity contribution in [2.24, 2.45) is 0 Å². The Bertz CT molecular complexity index is 528. The van der Waals surface area contributed by atoms with Gasteiger partial charge in [0.15, 0.2) is 0 Å². The third-order valence-corrected chi connectivity index (χ3v) is 3.56. The largest absolute Gasteiger partial charge is 0.489 e. The number of benzene rings is 1. The van der Waals surface area contributed by atoms with E-state index in [1.54, 1.807) is 0 Å². The minimum atomic E-state index is -0.793. The van der Waals surface area contributed by atoms with Gasteiger partial charge in [0, 0.05) is 16.6 Å². The highest BCUT2D eigenvalue weighted by atomic mass is 79.9. The van der Waals surface area contributed by atoms with Gasteiger partial charge in [0.2, 0.25) is 0 Å². The number of ether oxygens (including phenoxy) is 1. The number of hydrogen-bond donors (Lipinski definition) is 1.